The summed E-state index contributed by atoms with van der Waals surface area (Å²) in [5.41, 5.74) is 0. The van der Waals surface area contributed by atoms with Crippen LogP contribution in [0.25, 0.3) is 0 Å². The molecule has 2 aromatic carbocycles. The van der Waals surface area contributed by atoms with Crippen LogP contribution in [0.1, 0.15) is 0 Å². The van der Waals surface area contributed by atoms with Gasteiger partial charge in [0.15, 0.2) is 0 Å². The van der Waals surface area contributed by atoms with E-state index in [1.807, 2.05) is 48.5 Å². The predicted molar refractivity (Wildman–Crippen MR) is 77.9 cm³/mol. The summed E-state index contributed by atoms with van der Waals surface area (Å²) in [7, 11) is 8.71. The van der Waals surface area contributed by atoms with E-state index in [9.17, 15) is 0 Å². The third-order valence-electron chi connectivity index (χ3n) is 2.69. The maximum atomic E-state index is 6.37. The SMILES string of the molecule is [B-]P(c1ccccc1OC)c1ccccc1OC. The Bertz CT molecular complexity index is 483. The maximum absolute atomic E-state index is 6.37. The highest BCUT2D eigenvalue weighted by molar-refractivity contribution is 7.94. The summed E-state index contributed by atoms with van der Waals surface area (Å²) in [4.78, 5) is 0. The summed E-state index contributed by atoms with van der Waals surface area (Å²) in [6.07, 6.45) is 0. The Labute approximate surface area is 110 Å². The average Bonchev–Trinajstić information content (AvgIpc) is 2.46. The lowest BCUT2D eigenvalue weighted by Gasteiger charge is -2.30. The molecule has 2 rings (SSSR count). The van der Waals surface area contributed by atoms with Crippen molar-refractivity contribution in [1.29, 1.82) is 0 Å². The van der Waals surface area contributed by atoms with Crippen LogP contribution in [0.2, 0.25) is 0 Å². The molecule has 0 fully saturated rings. The molecule has 4 heteroatoms. The lowest BCUT2D eigenvalue weighted by Crippen LogP contribution is -2.15. The van der Waals surface area contributed by atoms with Crippen molar-refractivity contribution in [3.05, 3.63) is 48.5 Å². The van der Waals surface area contributed by atoms with Crippen LogP contribution < -0.4 is 20.1 Å². The number of benzene rings is 2. The molecule has 2 nitrogen and oxygen atoms in total. The number of ether oxygens (including phenoxy) is 2. The molecule has 0 spiro atoms. The second kappa shape index (κ2) is 5.93. The van der Waals surface area contributed by atoms with Gasteiger partial charge in [0, 0.05) is 0 Å². The number of hydrogen-bond donors (Lipinski definition) is 0. The molecule has 91 valence electrons. The lowest BCUT2D eigenvalue weighted by molar-refractivity contribution is 0.417. The van der Waals surface area contributed by atoms with Crippen molar-refractivity contribution in [2.45, 2.75) is 0 Å². The molecule has 0 aliphatic rings. The van der Waals surface area contributed by atoms with Gasteiger partial charge < -0.3 is 24.8 Å². The summed E-state index contributed by atoms with van der Waals surface area (Å²) in [5.74, 6) is 1.63. The highest BCUT2D eigenvalue weighted by Gasteiger charge is 2.07. The Morgan fingerprint density at radius 3 is 1.56 bits per heavy atom. The molecule has 0 N–H and O–H groups in total. The molecule has 0 aromatic heterocycles. The summed E-state index contributed by atoms with van der Waals surface area (Å²) in [5, 5.41) is 2.03. The van der Waals surface area contributed by atoms with Crippen LogP contribution in [0, 0.1) is 0 Å². The van der Waals surface area contributed by atoms with Crippen LogP contribution in [0.5, 0.6) is 11.5 Å². The molecule has 0 aliphatic carbocycles. The van der Waals surface area contributed by atoms with Crippen molar-refractivity contribution in [1.82, 2.24) is 0 Å². The largest absolute Gasteiger partial charge is 0.566 e. The van der Waals surface area contributed by atoms with Gasteiger partial charge in [-0.05, 0) is 22.7 Å². The molecule has 0 atom stereocenters. The van der Waals surface area contributed by atoms with Crippen LogP contribution >= 0.6 is 7.80 Å². The fourth-order valence-electron chi connectivity index (χ4n) is 1.79. The van der Waals surface area contributed by atoms with Gasteiger partial charge in [-0.1, -0.05) is 36.4 Å². The molecular formula is C14H14BO2P-. The first kappa shape index (κ1) is 13.0. The zero-order chi connectivity index (χ0) is 13.0. The molecule has 3 radical (unpaired) electrons. The molecule has 0 heterocycles. The molecule has 0 saturated heterocycles. The van der Waals surface area contributed by atoms with E-state index in [1.54, 1.807) is 14.2 Å². The minimum atomic E-state index is -0.974. The molecule has 0 bridgehead atoms. The Morgan fingerprint density at radius 2 is 1.17 bits per heavy atom. The minimum Gasteiger partial charge on any atom is -0.566 e. The topological polar surface area (TPSA) is 18.5 Å². The van der Waals surface area contributed by atoms with E-state index >= 15 is 0 Å². The molecule has 0 saturated carbocycles. The maximum Gasteiger partial charge on any atom is 0.123 e. The van der Waals surface area contributed by atoms with Crippen LogP contribution in [-0.2, 0) is 0 Å². The number of para-hydroxylation sites is 2. The van der Waals surface area contributed by atoms with Gasteiger partial charge in [-0.2, -0.15) is 0 Å². The Balaban J connectivity index is 2.44. The summed E-state index contributed by atoms with van der Waals surface area (Å²) >= 11 is 0. The molecular weight excluding hydrogens is 242 g/mol. The Kier molecular flexibility index (Phi) is 4.27. The monoisotopic (exact) mass is 256 g/mol. The van der Waals surface area contributed by atoms with E-state index in [0.717, 1.165) is 22.1 Å². The molecule has 18 heavy (non-hydrogen) atoms. The van der Waals surface area contributed by atoms with E-state index < -0.39 is 7.80 Å². The van der Waals surface area contributed by atoms with Gasteiger partial charge in [-0.25, -0.2) is 0 Å². The summed E-state index contributed by atoms with van der Waals surface area (Å²) in [6, 6.07) is 15.7. The van der Waals surface area contributed by atoms with Crippen molar-refractivity contribution >= 4 is 26.0 Å². The predicted octanol–water partition coefficient (Wildman–Crippen LogP) is 2.22. The first-order chi connectivity index (χ1) is 8.77. The van der Waals surface area contributed by atoms with Crippen LogP contribution in [0.3, 0.4) is 0 Å². The van der Waals surface area contributed by atoms with Gasteiger partial charge in [-0.3, -0.25) is 0 Å². The zero-order valence-corrected chi connectivity index (χ0v) is 11.4. The van der Waals surface area contributed by atoms with Gasteiger partial charge >= 0.3 is 0 Å². The smallest absolute Gasteiger partial charge is 0.123 e. The van der Waals surface area contributed by atoms with E-state index in [-0.39, 0.29) is 0 Å². The van der Waals surface area contributed by atoms with E-state index in [4.69, 9.17) is 17.0 Å². The zero-order valence-electron chi connectivity index (χ0n) is 10.5. The van der Waals surface area contributed by atoms with Crippen molar-refractivity contribution in [2.24, 2.45) is 0 Å². The summed E-state index contributed by atoms with van der Waals surface area (Å²) < 4.78 is 10.7. The van der Waals surface area contributed by atoms with Crippen LogP contribution in [-0.4, -0.2) is 21.8 Å². The standard InChI is InChI=1S/C14H14BO2P/c1-16-11-7-3-5-9-13(11)18(15)14-10-6-4-8-12(14)17-2/h3-10H,1-2H3/q-1. The molecule has 2 aromatic rings. The Hall–Kier alpha value is -1.47. The third-order valence-corrected chi connectivity index (χ3v) is 4.47. The fourth-order valence-corrected chi connectivity index (χ4v) is 3.35. The number of methoxy groups -OCH3 is 2. The Morgan fingerprint density at radius 1 is 0.778 bits per heavy atom. The van der Waals surface area contributed by atoms with Crippen molar-refractivity contribution in [3.8, 4) is 11.5 Å². The van der Waals surface area contributed by atoms with Gasteiger partial charge in [0.25, 0.3) is 0 Å². The van der Waals surface area contributed by atoms with Gasteiger partial charge in [-0.15, -0.1) is 0 Å². The van der Waals surface area contributed by atoms with E-state index in [2.05, 4.69) is 0 Å². The highest BCUT2D eigenvalue weighted by atomic mass is 31.1. The quantitative estimate of drug-likeness (QED) is 0.616. The molecule has 0 amide bonds. The second-order valence-corrected chi connectivity index (χ2v) is 5.42. The third kappa shape index (κ3) is 2.52. The lowest BCUT2D eigenvalue weighted by atomic mass is 10.3. The number of hydrogen-bond acceptors (Lipinski definition) is 2. The van der Waals surface area contributed by atoms with Crippen molar-refractivity contribution in [3.63, 3.8) is 0 Å². The molecule has 0 aliphatic heterocycles. The average molecular weight is 256 g/mol. The van der Waals surface area contributed by atoms with Crippen molar-refractivity contribution < 1.29 is 9.47 Å². The van der Waals surface area contributed by atoms with E-state index in [1.165, 1.54) is 0 Å². The van der Waals surface area contributed by atoms with E-state index in [0.29, 0.717) is 0 Å². The highest BCUT2D eigenvalue weighted by Crippen LogP contribution is 2.35. The first-order valence-corrected chi connectivity index (χ1v) is 7.00. The van der Waals surface area contributed by atoms with Crippen molar-refractivity contribution in [2.75, 3.05) is 14.2 Å². The summed E-state index contributed by atoms with van der Waals surface area (Å²) in [6.45, 7) is 0. The van der Waals surface area contributed by atoms with Gasteiger partial charge in [0.1, 0.15) is 11.5 Å². The minimum absolute atomic E-state index is 0.817. The normalized spacial score (nSPS) is 10.4. The first-order valence-electron chi connectivity index (χ1n) is 5.58. The fraction of sp³-hybridized carbons (Fsp3) is 0.143. The van der Waals surface area contributed by atoms with Gasteiger partial charge in [0.2, 0.25) is 0 Å². The second-order valence-electron chi connectivity index (χ2n) is 3.71. The number of rotatable bonds is 4. The molecule has 0 unspecified atom stereocenters. The van der Waals surface area contributed by atoms with Gasteiger partial charge in [0.05, 0.1) is 14.2 Å². The van der Waals surface area contributed by atoms with Crippen LogP contribution in [0.15, 0.2) is 48.5 Å². The van der Waals surface area contributed by atoms with Crippen LogP contribution in [0.4, 0.5) is 0 Å².